The van der Waals surface area contributed by atoms with Crippen LogP contribution in [0.1, 0.15) is 29.6 Å². The van der Waals surface area contributed by atoms with E-state index in [2.05, 4.69) is 12.7 Å². The van der Waals surface area contributed by atoms with Gasteiger partial charge in [-0.3, -0.25) is 0 Å². The van der Waals surface area contributed by atoms with Gasteiger partial charge in [0.15, 0.2) is 0 Å². The van der Waals surface area contributed by atoms with E-state index < -0.39 is 0 Å². The Kier molecular flexibility index (Phi) is 4.35. The molecule has 0 saturated heterocycles. The molecular formula is C16H18O2. The maximum absolute atomic E-state index is 11.8. The van der Waals surface area contributed by atoms with Crippen LogP contribution in [-0.4, -0.2) is 12.1 Å². The molecule has 0 bridgehead atoms. The molecule has 18 heavy (non-hydrogen) atoms. The van der Waals surface area contributed by atoms with Gasteiger partial charge in [-0.15, -0.1) is 6.58 Å². The van der Waals surface area contributed by atoms with E-state index in [4.69, 9.17) is 4.74 Å². The van der Waals surface area contributed by atoms with Crippen LogP contribution in [0.5, 0.6) is 0 Å². The number of allylic oxidation sites excluding steroid dienone is 2. The summed E-state index contributed by atoms with van der Waals surface area (Å²) in [5, 5.41) is 0. The van der Waals surface area contributed by atoms with Gasteiger partial charge in [0.25, 0.3) is 0 Å². The van der Waals surface area contributed by atoms with Gasteiger partial charge in [0, 0.05) is 0 Å². The molecule has 1 aliphatic carbocycles. The Balaban J connectivity index is 1.90. The molecule has 94 valence electrons. The average molecular weight is 242 g/mol. The van der Waals surface area contributed by atoms with Crippen molar-refractivity contribution in [1.29, 1.82) is 0 Å². The Morgan fingerprint density at radius 2 is 2.06 bits per heavy atom. The Hall–Kier alpha value is -1.83. The zero-order chi connectivity index (χ0) is 12.8. The van der Waals surface area contributed by atoms with Crippen LogP contribution >= 0.6 is 0 Å². The zero-order valence-corrected chi connectivity index (χ0v) is 10.4. The van der Waals surface area contributed by atoms with E-state index in [0.717, 1.165) is 19.3 Å². The third kappa shape index (κ3) is 3.33. The van der Waals surface area contributed by atoms with E-state index in [1.54, 1.807) is 12.1 Å². The second-order valence-corrected chi connectivity index (χ2v) is 4.56. The molecule has 0 aliphatic heterocycles. The first-order valence-corrected chi connectivity index (χ1v) is 6.35. The molecule has 1 aromatic carbocycles. The second-order valence-electron chi connectivity index (χ2n) is 4.56. The number of hydrogen-bond donors (Lipinski definition) is 0. The molecule has 0 aromatic heterocycles. The van der Waals surface area contributed by atoms with Gasteiger partial charge in [0.2, 0.25) is 0 Å². The molecule has 1 aliphatic rings. The number of ether oxygens (including phenoxy) is 1. The first kappa shape index (κ1) is 12.6. The van der Waals surface area contributed by atoms with Crippen molar-refractivity contribution in [2.24, 2.45) is 5.92 Å². The molecule has 0 amide bonds. The van der Waals surface area contributed by atoms with Crippen LogP contribution in [0.3, 0.4) is 0 Å². The quantitative estimate of drug-likeness (QED) is 0.593. The van der Waals surface area contributed by atoms with Crippen LogP contribution in [0, 0.1) is 5.92 Å². The fraction of sp³-hybridized carbons (Fsp3) is 0.312. The van der Waals surface area contributed by atoms with Crippen molar-refractivity contribution in [1.82, 2.24) is 0 Å². The van der Waals surface area contributed by atoms with E-state index in [1.165, 1.54) is 0 Å². The molecule has 0 radical (unpaired) electrons. The Bertz CT molecular complexity index is 434. The highest BCUT2D eigenvalue weighted by molar-refractivity contribution is 5.89. The van der Waals surface area contributed by atoms with Crippen LogP contribution in [0.2, 0.25) is 0 Å². The molecule has 2 heteroatoms. The van der Waals surface area contributed by atoms with E-state index in [0.29, 0.717) is 11.5 Å². The van der Waals surface area contributed by atoms with Crippen LogP contribution in [0.4, 0.5) is 0 Å². The lowest BCUT2D eigenvalue weighted by molar-refractivity contribution is 0.0360. The van der Waals surface area contributed by atoms with Gasteiger partial charge < -0.3 is 4.74 Å². The summed E-state index contributed by atoms with van der Waals surface area (Å²) in [6.07, 6.45) is 8.93. The number of esters is 1. The molecule has 0 fully saturated rings. The zero-order valence-electron chi connectivity index (χ0n) is 10.4. The average Bonchev–Trinajstić information content (AvgIpc) is 2.42. The normalized spacial score (nSPS) is 22.4. The largest absolute Gasteiger partial charge is 0.455 e. The van der Waals surface area contributed by atoms with E-state index in [-0.39, 0.29) is 12.1 Å². The van der Waals surface area contributed by atoms with Crippen LogP contribution in [0.15, 0.2) is 55.1 Å². The molecule has 0 unspecified atom stereocenters. The second kappa shape index (κ2) is 6.20. The molecule has 0 heterocycles. The monoisotopic (exact) mass is 242 g/mol. The van der Waals surface area contributed by atoms with Crippen molar-refractivity contribution in [2.75, 3.05) is 0 Å². The first-order valence-electron chi connectivity index (χ1n) is 6.35. The first-order chi connectivity index (χ1) is 8.79. The van der Waals surface area contributed by atoms with Crippen LogP contribution in [-0.2, 0) is 4.74 Å². The fourth-order valence-corrected chi connectivity index (χ4v) is 2.14. The van der Waals surface area contributed by atoms with Crippen molar-refractivity contribution >= 4 is 5.97 Å². The minimum atomic E-state index is -0.243. The number of hydrogen-bond acceptors (Lipinski definition) is 2. The summed E-state index contributed by atoms with van der Waals surface area (Å²) >= 11 is 0. The lowest BCUT2D eigenvalue weighted by Gasteiger charge is -2.22. The van der Waals surface area contributed by atoms with Crippen molar-refractivity contribution in [3.05, 3.63) is 60.7 Å². The predicted octanol–water partition coefficient (Wildman–Crippen LogP) is 3.75. The summed E-state index contributed by atoms with van der Waals surface area (Å²) in [7, 11) is 0. The maximum atomic E-state index is 11.8. The van der Waals surface area contributed by atoms with Crippen molar-refractivity contribution in [3.63, 3.8) is 0 Å². The summed E-state index contributed by atoms with van der Waals surface area (Å²) in [6.45, 7) is 3.74. The molecule has 2 rings (SSSR count). The highest BCUT2D eigenvalue weighted by Gasteiger charge is 2.18. The number of carbonyl (C=O) groups excluding carboxylic acids is 1. The summed E-state index contributed by atoms with van der Waals surface area (Å²) in [5.41, 5.74) is 0.610. The molecule has 0 saturated carbocycles. The molecule has 2 atom stereocenters. The lowest BCUT2D eigenvalue weighted by Crippen LogP contribution is -2.20. The maximum Gasteiger partial charge on any atom is 0.338 e. The van der Waals surface area contributed by atoms with Gasteiger partial charge in [-0.05, 0) is 43.4 Å². The standard InChI is InChI=1S/C16H18O2/c1-2-6-13-9-11-15(12-10-13)18-16(17)14-7-4-3-5-8-14/h2-5,7-9,11,13,15H,1,6,10,12H2/t13-,15-/m1/s1. The van der Waals surface area contributed by atoms with E-state index in [1.807, 2.05) is 30.4 Å². The third-order valence-corrected chi connectivity index (χ3v) is 3.16. The summed E-state index contributed by atoms with van der Waals surface area (Å²) < 4.78 is 5.45. The molecule has 1 aromatic rings. The van der Waals surface area contributed by atoms with E-state index in [9.17, 15) is 4.79 Å². The van der Waals surface area contributed by atoms with Gasteiger partial charge >= 0.3 is 5.97 Å². The van der Waals surface area contributed by atoms with Gasteiger partial charge in [-0.1, -0.05) is 30.4 Å². The fourth-order valence-electron chi connectivity index (χ4n) is 2.14. The minimum Gasteiger partial charge on any atom is -0.455 e. The minimum absolute atomic E-state index is 0.0845. The summed E-state index contributed by atoms with van der Waals surface area (Å²) in [5.74, 6) is 0.307. The molecule has 0 spiro atoms. The summed E-state index contributed by atoms with van der Waals surface area (Å²) in [4.78, 5) is 11.8. The van der Waals surface area contributed by atoms with Crippen molar-refractivity contribution < 1.29 is 9.53 Å². The van der Waals surface area contributed by atoms with Crippen LogP contribution in [0.25, 0.3) is 0 Å². The topological polar surface area (TPSA) is 26.3 Å². The molecule has 0 N–H and O–H groups in total. The van der Waals surface area contributed by atoms with E-state index >= 15 is 0 Å². The smallest absolute Gasteiger partial charge is 0.338 e. The Labute approximate surface area is 108 Å². The number of benzene rings is 1. The van der Waals surface area contributed by atoms with Gasteiger partial charge in [-0.2, -0.15) is 0 Å². The van der Waals surface area contributed by atoms with Crippen molar-refractivity contribution in [2.45, 2.75) is 25.4 Å². The lowest BCUT2D eigenvalue weighted by atomic mass is 9.92. The van der Waals surface area contributed by atoms with Crippen molar-refractivity contribution in [3.8, 4) is 0 Å². The van der Waals surface area contributed by atoms with Gasteiger partial charge in [0.05, 0.1) is 5.56 Å². The Morgan fingerprint density at radius 3 is 2.67 bits per heavy atom. The Morgan fingerprint density at radius 1 is 1.28 bits per heavy atom. The highest BCUT2D eigenvalue weighted by atomic mass is 16.5. The SMILES string of the molecule is C=CC[C@@H]1C=C[C@@H](OC(=O)c2ccccc2)CC1. The van der Waals surface area contributed by atoms with Gasteiger partial charge in [0.1, 0.15) is 6.10 Å². The highest BCUT2D eigenvalue weighted by Crippen LogP contribution is 2.23. The molecular weight excluding hydrogens is 224 g/mol. The summed E-state index contributed by atoms with van der Waals surface area (Å²) in [6, 6.07) is 9.11. The predicted molar refractivity (Wildman–Crippen MR) is 72.3 cm³/mol. The number of rotatable bonds is 4. The van der Waals surface area contributed by atoms with Gasteiger partial charge in [-0.25, -0.2) is 4.79 Å². The third-order valence-electron chi connectivity index (χ3n) is 3.16. The number of carbonyl (C=O) groups is 1. The van der Waals surface area contributed by atoms with Crippen LogP contribution < -0.4 is 0 Å². The molecule has 2 nitrogen and oxygen atoms in total.